The highest BCUT2D eigenvalue weighted by Crippen LogP contribution is 2.19. The molecule has 0 rings (SSSR count). The summed E-state index contributed by atoms with van der Waals surface area (Å²) in [4.78, 5) is 36.4. The lowest BCUT2D eigenvalue weighted by molar-refractivity contribution is -0.160. The molecule has 6 heteroatoms. The molecule has 0 radical (unpaired) electrons. The van der Waals surface area contributed by atoms with Gasteiger partial charge >= 0.3 is 17.9 Å². The first-order chi connectivity index (χ1) is 15.5. The summed E-state index contributed by atoms with van der Waals surface area (Å²) in [6.07, 6.45) is 20.0. The first-order valence-corrected chi connectivity index (χ1v) is 12.6. The number of hydrogen-bond acceptors (Lipinski definition) is 6. The molecule has 0 bridgehead atoms. The van der Waals surface area contributed by atoms with Gasteiger partial charge in [-0.15, -0.1) is 0 Å². The van der Waals surface area contributed by atoms with E-state index in [-0.39, 0.29) is 12.2 Å². The van der Waals surface area contributed by atoms with Gasteiger partial charge in [-0.1, -0.05) is 96.5 Å². The van der Waals surface area contributed by atoms with E-state index in [1.54, 1.807) is 13.0 Å². The van der Waals surface area contributed by atoms with Crippen molar-refractivity contribution < 1.29 is 28.6 Å². The van der Waals surface area contributed by atoms with Crippen molar-refractivity contribution in [3.05, 3.63) is 11.6 Å². The Bertz CT molecular complexity index is 540. The first kappa shape index (κ1) is 30.1. The topological polar surface area (TPSA) is 78.9 Å². The maximum Gasteiger partial charge on any atom is 0.334 e. The van der Waals surface area contributed by atoms with Crippen molar-refractivity contribution in [1.82, 2.24) is 0 Å². The molecule has 6 nitrogen and oxygen atoms in total. The van der Waals surface area contributed by atoms with Crippen molar-refractivity contribution in [3.8, 4) is 0 Å². The Kier molecular flexibility index (Phi) is 19.8. The van der Waals surface area contributed by atoms with Gasteiger partial charge in [0.15, 0.2) is 5.92 Å². The Balaban J connectivity index is 4.18. The smallest absolute Gasteiger partial charge is 0.334 e. The van der Waals surface area contributed by atoms with Crippen LogP contribution in [0.25, 0.3) is 0 Å². The molecule has 0 saturated heterocycles. The molecule has 0 aromatic heterocycles. The molecule has 186 valence electrons. The van der Waals surface area contributed by atoms with Gasteiger partial charge in [0.05, 0.1) is 26.4 Å². The van der Waals surface area contributed by atoms with Crippen LogP contribution in [0, 0.1) is 5.92 Å². The predicted molar refractivity (Wildman–Crippen MR) is 127 cm³/mol. The van der Waals surface area contributed by atoms with Gasteiger partial charge in [-0.3, -0.25) is 9.59 Å². The summed E-state index contributed by atoms with van der Waals surface area (Å²) < 4.78 is 14.4. The second-order valence-corrected chi connectivity index (χ2v) is 8.24. The molecule has 0 aromatic rings. The number of methoxy groups -OCH3 is 2. The van der Waals surface area contributed by atoms with Gasteiger partial charge in [-0.05, 0) is 19.8 Å². The van der Waals surface area contributed by atoms with Crippen LogP contribution in [-0.4, -0.2) is 38.7 Å². The average Bonchev–Trinajstić information content (AvgIpc) is 2.79. The fraction of sp³-hybridized carbons (Fsp3) is 0.808. The Morgan fingerprint density at radius 3 is 1.53 bits per heavy atom. The maximum atomic E-state index is 12.2. The zero-order chi connectivity index (χ0) is 24.0. The monoisotopic (exact) mass is 454 g/mol. The summed E-state index contributed by atoms with van der Waals surface area (Å²) in [5.41, 5.74) is -0.00695. The molecule has 0 aliphatic heterocycles. The Morgan fingerprint density at radius 1 is 0.656 bits per heavy atom. The van der Waals surface area contributed by atoms with E-state index in [4.69, 9.17) is 14.2 Å². The molecule has 0 saturated carbocycles. The highest BCUT2D eigenvalue weighted by atomic mass is 16.6. The Hall–Kier alpha value is -1.85. The molecule has 0 N–H and O–H groups in total. The highest BCUT2D eigenvalue weighted by molar-refractivity contribution is 6.07. The Labute approximate surface area is 195 Å². The molecule has 1 unspecified atom stereocenters. The average molecular weight is 455 g/mol. The maximum absolute atomic E-state index is 12.2. The van der Waals surface area contributed by atoms with Crippen molar-refractivity contribution in [2.24, 2.45) is 5.92 Å². The number of ether oxygens (including phenoxy) is 3. The summed E-state index contributed by atoms with van der Waals surface area (Å²) >= 11 is 0. The van der Waals surface area contributed by atoms with Crippen LogP contribution in [0.3, 0.4) is 0 Å². The van der Waals surface area contributed by atoms with Crippen molar-refractivity contribution in [3.63, 3.8) is 0 Å². The summed E-state index contributed by atoms with van der Waals surface area (Å²) in [5.74, 6) is -3.73. The zero-order valence-corrected chi connectivity index (χ0v) is 20.9. The molecule has 1 atom stereocenters. The van der Waals surface area contributed by atoms with Crippen LogP contribution in [0.2, 0.25) is 0 Å². The van der Waals surface area contributed by atoms with Crippen LogP contribution in [-0.2, 0) is 28.6 Å². The van der Waals surface area contributed by atoms with E-state index in [1.165, 1.54) is 84.8 Å². The van der Waals surface area contributed by atoms with Gasteiger partial charge in [0.2, 0.25) is 0 Å². The SMILES string of the molecule is CCCCCCCCCCCCCCCC/C=C(\C(=O)OC)C(C(=O)OC)C(=O)OCC. The van der Waals surface area contributed by atoms with Gasteiger partial charge in [-0.2, -0.15) is 0 Å². The summed E-state index contributed by atoms with van der Waals surface area (Å²) in [7, 11) is 2.40. The van der Waals surface area contributed by atoms with Crippen LogP contribution in [0.5, 0.6) is 0 Å². The van der Waals surface area contributed by atoms with Crippen LogP contribution < -0.4 is 0 Å². The van der Waals surface area contributed by atoms with Crippen molar-refractivity contribution in [1.29, 1.82) is 0 Å². The third-order valence-electron chi connectivity index (χ3n) is 5.61. The fourth-order valence-electron chi connectivity index (χ4n) is 3.73. The largest absolute Gasteiger partial charge is 0.468 e. The standard InChI is InChI=1S/C26H46O6/c1-5-7-8-9-10-11-12-13-14-15-16-17-18-19-20-21-22(24(27)30-3)23(25(28)31-4)26(29)32-6-2/h21,23H,5-20H2,1-4H3/b22-21-. The number of rotatable bonds is 20. The number of hydrogen-bond donors (Lipinski definition) is 0. The van der Waals surface area contributed by atoms with Crippen molar-refractivity contribution >= 4 is 17.9 Å². The molecule has 32 heavy (non-hydrogen) atoms. The predicted octanol–water partition coefficient (Wildman–Crippen LogP) is 6.31. The molecule has 0 amide bonds. The zero-order valence-electron chi connectivity index (χ0n) is 20.9. The van der Waals surface area contributed by atoms with Gasteiger partial charge in [0.1, 0.15) is 0 Å². The summed E-state index contributed by atoms with van der Waals surface area (Å²) in [5, 5.41) is 0. The van der Waals surface area contributed by atoms with E-state index < -0.39 is 23.8 Å². The van der Waals surface area contributed by atoms with Crippen molar-refractivity contribution in [2.45, 2.75) is 110 Å². The molecule has 0 heterocycles. The summed E-state index contributed by atoms with van der Waals surface area (Å²) in [6.45, 7) is 4.01. The Morgan fingerprint density at radius 2 is 1.12 bits per heavy atom. The van der Waals surface area contributed by atoms with Crippen LogP contribution in [0.15, 0.2) is 11.6 Å². The molecule has 0 aromatic carbocycles. The van der Waals surface area contributed by atoms with Crippen LogP contribution in [0.4, 0.5) is 0 Å². The molecular formula is C26H46O6. The lowest BCUT2D eigenvalue weighted by Gasteiger charge is -2.15. The van der Waals surface area contributed by atoms with E-state index in [0.29, 0.717) is 6.42 Å². The second kappa shape index (κ2) is 21.0. The van der Waals surface area contributed by atoms with E-state index in [0.717, 1.165) is 19.3 Å². The minimum absolute atomic E-state index is 0.00695. The molecular weight excluding hydrogens is 408 g/mol. The van der Waals surface area contributed by atoms with Gasteiger partial charge in [0.25, 0.3) is 0 Å². The number of esters is 3. The lowest BCUT2D eigenvalue weighted by atomic mass is 9.97. The van der Waals surface area contributed by atoms with Gasteiger partial charge in [0, 0.05) is 0 Å². The molecule has 0 aliphatic carbocycles. The third-order valence-corrected chi connectivity index (χ3v) is 5.61. The van der Waals surface area contributed by atoms with Crippen LogP contribution >= 0.6 is 0 Å². The molecule has 0 fully saturated rings. The summed E-state index contributed by atoms with van der Waals surface area (Å²) in [6, 6.07) is 0. The highest BCUT2D eigenvalue weighted by Gasteiger charge is 2.37. The number of unbranched alkanes of at least 4 members (excludes halogenated alkanes) is 14. The molecule has 0 aliphatic rings. The quantitative estimate of drug-likeness (QED) is 0.0705. The molecule has 0 spiro atoms. The van der Waals surface area contributed by atoms with Crippen LogP contribution in [0.1, 0.15) is 110 Å². The third kappa shape index (κ3) is 14.3. The van der Waals surface area contributed by atoms with Gasteiger partial charge < -0.3 is 14.2 Å². The minimum atomic E-state index is -1.40. The minimum Gasteiger partial charge on any atom is -0.468 e. The van der Waals surface area contributed by atoms with E-state index in [9.17, 15) is 14.4 Å². The van der Waals surface area contributed by atoms with E-state index in [1.807, 2.05) is 0 Å². The van der Waals surface area contributed by atoms with Crippen molar-refractivity contribution in [2.75, 3.05) is 20.8 Å². The fourth-order valence-corrected chi connectivity index (χ4v) is 3.73. The normalized spacial score (nSPS) is 12.3. The lowest BCUT2D eigenvalue weighted by Crippen LogP contribution is -2.32. The first-order valence-electron chi connectivity index (χ1n) is 12.6. The number of carbonyl (C=O) groups excluding carboxylic acids is 3. The second-order valence-electron chi connectivity index (χ2n) is 8.24. The number of allylic oxidation sites excluding steroid dienone is 1. The van der Waals surface area contributed by atoms with Gasteiger partial charge in [-0.25, -0.2) is 4.79 Å². The number of carbonyl (C=O) groups is 3. The van der Waals surface area contributed by atoms with E-state index in [2.05, 4.69) is 6.92 Å². The van der Waals surface area contributed by atoms with E-state index >= 15 is 0 Å².